The summed E-state index contributed by atoms with van der Waals surface area (Å²) in [6, 6.07) is 5.61. The van der Waals surface area contributed by atoms with Crippen molar-refractivity contribution in [1.29, 1.82) is 0 Å². The second-order valence-electron chi connectivity index (χ2n) is 6.81. The number of aromatic nitrogens is 3. The second kappa shape index (κ2) is 7.25. The minimum absolute atomic E-state index is 0.0720. The molecule has 8 heteroatoms. The molecule has 1 fully saturated rings. The number of ether oxygens (including phenoxy) is 2. The molecule has 0 N–H and O–H groups in total. The quantitative estimate of drug-likeness (QED) is 0.822. The molecule has 4 rings (SSSR count). The average Bonchev–Trinajstić information content (AvgIpc) is 3.10. The number of rotatable bonds is 3. The Balaban J connectivity index is 1.57. The largest absolute Gasteiger partial charge is 0.485 e. The Morgan fingerprint density at radius 1 is 1.31 bits per heavy atom. The maximum absolute atomic E-state index is 12.9. The molecular weight excluding hydrogens is 356 g/mol. The Kier molecular flexibility index (Phi) is 4.82. The van der Waals surface area contributed by atoms with E-state index in [0.717, 1.165) is 24.2 Å². The van der Waals surface area contributed by atoms with Gasteiger partial charge in [-0.3, -0.25) is 9.48 Å². The molecular formula is C18H21ClN4O3. The van der Waals surface area contributed by atoms with Gasteiger partial charge in [0.2, 0.25) is 5.91 Å². The minimum Gasteiger partial charge on any atom is -0.485 e. The van der Waals surface area contributed by atoms with Gasteiger partial charge in [-0.05, 0) is 18.2 Å². The van der Waals surface area contributed by atoms with Crippen LogP contribution in [0.4, 0.5) is 0 Å². The Morgan fingerprint density at radius 3 is 2.92 bits per heavy atom. The molecule has 0 unspecified atom stereocenters. The van der Waals surface area contributed by atoms with Gasteiger partial charge in [0.25, 0.3) is 0 Å². The molecule has 3 heterocycles. The molecule has 1 saturated heterocycles. The minimum atomic E-state index is -0.403. The molecule has 1 spiro atoms. The number of carbonyl (C=O) groups is 1. The van der Waals surface area contributed by atoms with Crippen LogP contribution in [0.5, 0.6) is 5.75 Å². The van der Waals surface area contributed by atoms with E-state index in [1.54, 1.807) is 11.0 Å². The van der Waals surface area contributed by atoms with Crippen LogP contribution in [0.15, 0.2) is 30.9 Å². The van der Waals surface area contributed by atoms with Crippen molar-refractivity contribution in [2.45, 2.75) is 38.0 Å². The van der Waals surface area contributed by atoms with E-state index in [4.69, 9.17) is 21.1 Å². The maximum atomic E-state index is 12.9. The van der Waals surface area contributed by atoms with E-state index < -0.39 is 5.60 Å². The van der Waals surface area contributed by atoms with E-state index >= 15 is 0 Å². The molecule has 0 saturated carbocycles. The van der Waals surface area contributed by atoms with Crippen molar-refractivity contribution in [3.63, 3.8) is 0 Å². The molecule has 2 aromatic rings. The Hall–Kier alpha value is -2.12. The molecule has 2 aliphatic rings. The van der Waals surface area contributed by atoms with Crippen LogP contribution in [0.2, 0.25) is 5.02 Å². The Morgan fingerprint density at radius 2 is 2.15 bits per heavy atom. The van der Waals surface area contributed by atoms with E-state index in [1.165, 1.54) is 6.33 Å². The molecule has 0 bridgehead atoms. The van der Waals surface area contributed by atoms with Crippen LogP contribution in [0, 0.1) is 0 Å². The van der Waals surface area contributed by atoms with E-state index in [0.29, 0.717) is 44.3 Å². The lowest BCUT2D eigenvalue weighted by atomic mass is 9.93. The van der Waals surface area contributed by atoms with Crippen molar-refractivity contribution in [3.8, 4) is 5.75 Å². The van der Waals surface area contributed by atoms with Crippen molar-refractivity contribution in [2.24, 2.45) is 0 Å². The van der Waals surface area contributed by atoms with Crippen LogP contribution >= 0.6 is 11.6 Å². The zero-order chi connectivity index (χ0) is 18.0. The fraction of sp³-hybridized carbons (Fsp3) is 0.500. The highest BCUT2D eigenvalue weighted by atomic mass is 35.5. The van der Waals surface area contributed by atoms with Crippen molar-refractivity contribution in [1.82, 2.24) is 19.7 Å². The third kappa shape index (κ3) is 3.68. The molecule has 7 nitrogen and oxygen atoms in total. The summed E-state index contributed by atoms with van der Waals surface area (Å²) < 4.78 is 13.6. The summed E-state index contributed by atoms with van der Waals surface area (Å²) >= 11 is 6.17. The molecule has 1 aromatic carbocycles. The zero-order valence-electron chi connectivity index (χ0n) is 14.4. The normalized spacial score (nSPS) is 18.9. The number of amides is 1. The van der Waals surface area contributed by atoms with Crippen LogP contribution in [-0.4, -0.2) is 50.9 Å². The zero-order valence-corrected chi connectivity index (χ0v) is 15.2. The number of aryl methyl sites for hydroxylation is 1. The first-order chi connectivity index (χ1) is 12.6. The van der Waals surface area contributed by atoms with Gasteiger partial charge in [-0.2, -0.15) is 5.10 Å². The van der Waals surface area contributed by atoms with Crippen LogP contribution in [0.1, 0.15) is 24.8 Å². The highest BCUT2D eigenvalue weighted by Gasteiger charge is 2.40. The number of hydrogen-bond donors (Lipinski definition) is 0. The Bertz CT molecular complexity index is 775. The molecule has 1 aromatic heterocycles. The first-order valence-corrected chi connectivity index (χ1v) is 9.17. The van der Waals surface area contributed by atoms with Gasteiger partial charge < -0.3 is 14.4 Å². The van der Waals surface area contributed by atoms with Crippen molar-refractivity contribution < 1.29 is 14.3 Å². The molecule has 0 aliphatic carbocycles. The summed E-state index contributed by atoms with van der Waals surface area (Å²) in [5, 5.41) is 4.70. The van der Waals surface area contributed by atoms with Gasteiger partial charge in [0, 0.05) is 36.4 Å². The summed E-state index contributed by atoms with van der Waals surface area (Å²) in [6.07, 6.45) is 4.99. The highest BCUT2D eigenvalue weighted by Crippen LogP contribution is 2.36. The first kappa shape index (κ1) is 17.3. The number of benzene rings is 1. The number of nitrogens with zero attached hydrogens (tertiary/aromatic N) is 4. The summed E-state index contributed by atoms with van der Waals surface area (Å²) in [7, 11) is 0. The molecule has 138 valence electrons. The van der Waals surface area contributed by atoms with Gasteiger partial charge in [0.05, 0.1) is 26.3 Å². The number of fused-ring (bicyclic) bond motifs is 1. The van der Waals surface area contributed by atoms with Gasteiger partial charge in [0.1, 0.15) is 24.0 Å². The van der Waals surface area contributed by atoms with Crippen LogP contribution in [0.3, 0.4) is 0 Å². The lowest BCUT2D eigenvalue weighted by molar-refractivity contribution is -0.136. The first-order valence-electron chi connectivity index (χ1n) is 8.79. The van der Waals surface area contributed by atoms with E-state index in [1.807, 2.05) is 23.1 Å². The smallest absolute Gasteiger partial charge is 0.224 e. The van der Waals surface area contributed by atoms with Gasteiger partial charge in [0.15, 0.2) is 0 Å². The lowest BCUT2D eigenvalue weighted by Gasteiger charge is -2.39. The van der Waals surface area contributed by atoms with E-state index in [-0.39, 0.29) is 5.91 Å². The van der Waals surface area contributed by atoms with Gasteiger partial charge >= 0.3 is 0 Å². The lowest BCUT2D eigenvalue weighted by Crippen LogP contribution is -2.50. The van der Waals surface area contributed by atoms with Crippen LogP contribution < -0.4 is 4.74 Å². The number of hydrogen-bond acceptors (Lipinski definition) is 5. The third-order valence-corrected chi connectivity index (χ3v) is 5.20. The number of carbonyl (C=O) groups excluding carboxylic acids is 1. The second-order valence-corrected chi connectivity index (χ2v) is 7.24. The Labute approximate surface area is 156 Å². The predicted octanol–water partition coefficient (Wildman–Crippen LogP) is 2.29. The molecule has 0 radical (unpaired) electrons. The van der Waals surface area contributed by atoms with E-state index in [9.17, 15) is 4.79 Å². The van der Waals surface area contributed by atoms with Crippen molar-refractivity contribution in [2.75, 3.05) is 19.8 Å². The van der Waals surface area contributed by atoms with Gasteiger partial charge in [-0.1, -0.05) is 11.6 Å². The molecule has 26 heavy (non-hydrogen) atoms. The maximum Gasteiger partial charge on any atom is 0.224 e. The highest BCUT2D eigenvalue weighted by molar-refractivity contribution is 6.30. The summed E-state index contributed by atoms with van der Waals surface area (Å²) in [6.45, 7) is 2.84. The van der Waals surface area contributed by atoms with Crippen LogP contribution in [-0.2, 0) is 22.6 Å². The standard InChI is InChI=1S/C18H21ClN4O3/c19-15-1-2-16-14(9-15)10-22(11-18(26-16)4-7-25-8-5-18)17(24)3-6-23-13-20-12-21-23/h1-2,9,12-13H,3-8,10-11H2. The summed E-state index contributed by atoms with van der Waals surface area (Å²) in [5.74, 6) is 0.880. The average molecular weight is 377 g/mol. The summed E-state index contributed by atoms with van der Waals surface area (Å²) in [5.41, 5.74) is 0.537. The fourth-order valence-electron chi connectivity index (χ4n) is 3.54. The predicted molar refractivity (Wildman–Crippen MR) is 94.9 cm³/mol. The molecule has 2 aliphatic heterocycles. The topological polar surface area (TPSA) is 69.5 Å². The monoisotopic (exact) mass is 376 g/mol. The van der Waals surface area contributed by atoms with Crippen molar-refractivity contribution in [3.05, 3.63) is 41.4 Å². The van der Waals surface area contributed by atoms with Crippen molar-refractivity contribution >= 4 is 17.5 Å². The number of halogens is 1. The molecule has 0 atom stereocenters. The van der Waals surface area contributed by atoms with Crippen LogP contribution in [0.25, 0.3) is 0 Å². The third-order valence-electron chi connectivity index (χ3n) is 4.97. The fourth-order valence-corrected chi connectivity index (χ4v) is 3.74. The van der Waals surface area contributed by atoms with Gasteiger partial charge in [-0.25, -0.2) is 4.98 Å². The van der Waals surface area contributed by atoms with Gasteiger partial charge in [-0.15, -0.1) is 0 Å². The molecule has 1 amide bonds. The SMILES string of the molecule is O=C(CCn1cncn1)N1Cc2cc(Cl)ccc2OC2(CCOCC2)C1. The van der Waals surface area contributed by atoms with E-state index in [2.05, 4.69) is 10.1 Å². The summed E-state index contributed by atoms with van der Waals surface area (Å²) in [4.78, 5) is 18.7.